The fourth-order valence-electron chi connectivity index (χ4n) is 8.80. The maximum atomic E-state index is 11.6. The maximum Gasteiger partial charge on any atom is 0.109 e. The van der Waals surface area contributed by atoms with Crippen molar-refractivity contribution in [3.63, 3.8) is 0 Å². The number of piperidine rings is 4. The maximum absolute atomic E-state index is 11.6. The fourth-order valence-corrected chi connectivity index (χ4v) is 10.7. The molecule has 6 rings (SSSR count). The number of hydrogen-bond donors (Lipinski definition) is 1. The van der Waals surface area contributed by atoms with E-state index in [-0.39, 0.29) is 17.0 Å². The van der Waals surface area contributed by atoms with Crippen molar-refractivity contribution in [2.75, 3.05) is 12.3 Å². The van der Waals surface area contributed by atoms with Crippen molar-refractivity contribution in [2.24, 2.45) is 17.3 Å². The standard InChI is InChI=1S/C31H46N2O3S/c1-4-13-35-15-11-25-7-5-23(3)28-16-31(17-29(34)33(25)28)19-30(21-37-31)12-9-26-22(2)6-8-27(32(26)20-30)24-10-14-36-18-24/h4,10-11,13-15,18,22-23,25-29,34H,5-9,12,16-17,19-21H2,1-3H3/b13-4-,15-11+/t22-,23-,25+,26+,27?,28+,29-,30+,31+/m1/s1. The first-order valence-electron chi connectivity index (χ1n) is 14.7. The molecule has 5 aliphatic rings. The van der Waals surface area contributed by atoms with E-state index in [1.165, 1.54) is 62.8 Å². The Balaban J connectivity index is 1.19. The highest BCUT2D eigenvalue weighted by molar-refractivity contribution is 8.01. The van der Waals surface area contributed by atoms with E-state index in [1.807, 2.05) is 31.8 Å². The fraction of sp³-hybridized carbons (Fsp3) is 0.742. The molecule has 6 heterocycles. The van der Waals surface area contributed by atoms with Gasteiger partial charge in [0, 0.05) is 53.2 Å². The monoisotopic (exact) mass is 526 g/mol. The third-order valence-corrected chi connectivity index (χ3v) is 12.4. The van der Waals surface area contributed by atoms with Crippen LogP contribution in [-0.2, 0) is 4.74 Å². The number of aliphatic hydroxyl groups is 1. The first-order valence-corrected chi connectivity index (χ1v) is 15.7. The Bertz CT molecular complexity index is 981. The van der Waals surface area contributed by atoms with Crippen molar-refractivity contribution in [1.29, 1.82) is 0 Å². The van der Waals surface area contributed by atoms with E-state index in [4.69, 9.17) is 9.15 Å². The molecular formula is C31H46N2O3S. The molecule has 0 amide bonds. The van der Waals surface area contributed by atoms with Crippen molar-refractivity contribution in [2.45, 2.75) is 114 Å². The average Bonchev–Trinajstić information content (AvgIpc) is 3.52. The van der Waals surface area contributed by atoms with E-state index < -0.39 is 0 Å². The number of aliphatic hydroxyl groups excluding tert-OH is 1. The third kappa shape index (κ3) is 4.85. The zero-order valence-electron chi connectivity index (χ0n) is 22.9. The predicted octanol–water partition coefficient (Wildman–Crippen LogP) is 6.72. The van der Waals surface area contributed by atoms with Crippen LogP contribution in [0.3, 0.4) is 0 Å². The van der Waals surface area contributed by atoms with Crippen molar-refractivity contribution in [3.8, 4) is 0 Å². The van der Waals surface area contributed by atoms with Crippen molar-refractivity contribution < 1.29 is 14.3 Å². The molecule has 9 atom stereocenters. The second-order valence-corrected chi connectivity index (χ2v) is 14.5. The zero-order valence-corrected chi connectivity index (χ0v) is 23.7. The highest BCUT2D eigenvalue weighted by Crippen LogP contribution is 2.61. The second kappa shape index (κ2) is 10.4. The van der Waals surface area contributed by atoms with Gasteiger partial charge in [-0.15, -0.1) is 0 Å². The summed E-state index contributed by atoms with van der Waals surface area (Å²) in [5.74, 6) is 2.64. The summed E-state index contributed by atoms with van der Waals surface area (Å²) in [6.45, 7) is 8.05. The number of nitrogens with zero attached hydrogens (tertiary/aromatic N) is 2. The molecule has 0 radical (unpaired) electrons. The van der Waals surface area contributed by atoms with Gasteiger partial charge in [-0.1, -0.05) is 19.9 Å². The normalized spacial score (nSPS) is 45.1. The SMILES string of the molecule is C/C=C\O/C=C/[C@@H]1CC[C@@H](C)[C@@H]2C[C@]3(C[C@@H](O)N12)C[C@]1(CC[C@H]2[C@H](C)CCC(c4ccoc4)N2C1)CS3. The average molecular weight is 527 g/mol. The number of furan rings is 1. The van der Waals surface area contributed by atoms with Gasteiger partial charge >= 0.3 is 0 Å². The summed E-state index contributed by atoms with van der Waals surface area (Å²) >= 11 is 2.21. The summed E-state index contributed by atoms with van der Waals surface area (Å²) in [6.07, 6.45) is 22.0. The number of allylic oxidation sites excluding steroid dienone is 1. The predicted molar refractivity (Wildman–Crippen MR) is 150 cm³/mol. The summed E-state index contributed by atoms with van der Waals surface area (Å²) < 4.78 is 11.2. The van der Waals surface area contributed by atoms with E-state index in [2.05, 4.69) is 47.6 Å². The Morgan fingerprint density at radius 3 is 2.73 bits per heavy atom. The molecule has 1 aromatic rings. The lowest BCUT2D eigenvalue weighted by Gasteiger charge is -2.56. The van der Waals surface area contributed by atoms with Gasteiger partial charge in [0.2, 0.25) is 0 Å². The lowest BCUT2D eigenvalue weighted by Crippen LogP contribution is -2.62. The van der Waals surface area contributed by atoms with Gasteiger partial charge in [-0.3, -0.25) is 9.80 Å². The Labute approximate surface area is 227 Å². The van der Waals surface area contributed by atoms with Gasteiger partial charge in [-0.25, -0.2) is 0 Å². The number of ether oxygens (including phenoxy) is 1. The minimum Gasteiger partial charge on any atom is -0.473 e. The summed E-state index contributed by atoms with van der Waals surface area (Å²) in [4.78, 5) is 5.31. The van der Waals surface area contributed by atoms with E-state index in [1.54, 1.807) is 6.26 Å². The Kier molecular flexibility index (Phi) is 7.32. The molecule has 1 N–H and O–H groups in total. The second-order valence-electron chi connectivity index (χ2n) is 13.0. The smallest absolute Gasteiger partial charge is 0.109 e. The molecule has 5 saturated heterocycles. The molecule has 0 saturated carbocycles. The van der Waals surface area contributed by atoms with Gasteiger partial charge in [-0.2, -0.15) is 11.8 Å². The van der Waals surface area contributed by atoms with E-state index in [0.717, 1.165) is 18.8 Å². The molecule has 5 nitrogen and oxygen atoms in total. The van der Waals surface area contributed by atoms with Gasteiger partial charge in [0.25, 0.3) is 0 Å². The molecule has 5 aliphatic heterocycles. The number of rotatable bonds is 4. The quantitative estimate of drug-likeness (QED) is 0.440. The summed E-state index contributed by atoms with van der Waals surface area (Å²) in [5, 5.41) is 11.6. The largest absolute Gasteiger partial charge is 0.473 e. The molecule has 5 fully saturated rings. The van der Waals surface area contributed by atoms with Crippen LogP contribution in [0.4, 0.5) is 0 Å². The van der Waals surface area contributed by atoms with Crippen LogP contribution in [0.5, 0.6) is 0 Å². The van der Waals surface area contributed by atoms with Gasteiger partial charge in [0.1, 0.15) is 6.23 Å². The van der Waals surface area contributed by atoms with Crippen LogP contribution in [0.25, 0.3) is 0 Å². The molecule has 1 aromatic heterocycles. The molecule has 0 aliphatic carbocycles. The molecule has 37 heavy (non-hydrogen) atoms. The van der Waals surface area contributed by atoms with Gasteiger partial charge in [0.15, 0.2) is 0 Å². The molecule has 204 valence electrons. The van der Waals surface area contributed by atoms with Crippen LogP contribution < -0.4 is 0 Å². The molecular weight excluding hydrogens is 480 g/mol. The van der Waals surface area contributed by atoms with Crippen LogP contribution in [0.2, 0.25) is 0 Å². The lowest BCUT2D eigenvalue weighted by molar-refractivity contribution is -0.119. The van der Waals surface area contributed by atoms with Crippen molar-refractivity contribution in [3.05, 3.63) is 48.8 Å². The lowest BCUT2D eigenvalue weighted by atomic mass is 9.66. The topological polar surface area (TPSA) is 49.1 Å². The number of fused-ring (bicyclic) bond motifs is 2. The first-order chi connectivity index (χ1) is 17.9. The third-order valence-electron chi connectivity index (χ3n) is 10.6. The van der Waals surface area contributed by atoms with Gasteiger partial charge in [0.05, 0.1) is 25.1 Å². The minimum absolute atomic E-state index is 0.210. The summed E-state index contributed by atoms with van der Waals surface area (Å²) in [7, 11) is 0. The van der Waals surface area contributed by atoms with E-state index in [0.29, 0.717) is 29.5 Å². The Hall–Kier alpha value is -1.21. The van der Waals surface area contributed by atoms with Crippen LogP contribution in [0.1, 0.15) is 90.2 Å². The highest BCUT2D eigenvalue weighted by Gasteiger charge is 2.58. The van der Waals surface area contributed by atoms with Crippen molar-refractivity contribution in [1.82, 2.24) is 9.80 Å². The Morgan fingerprint density at radius 2 is 1.92 bits per heavy atom. The molecule has 6 heteroatoms. The minimum atomic E-state index is -0.370. The highest BCUT2D eigenvalue weighted by atomic mass is 32.2. The molecule has 1 unspecified atom stereocenters. The van der Waals surface area contributed by atoms with Gasteiger partial charge in [-0.05, 0) is 87.7 Å². The van der Waals surface area contributed by atoms with Crippen LogP contribution in [0, 0.1) is 17.3 Å². The van der Waals surface area contributed by atoms with Crippen LogP contribution >= 0.6 is 11.8 Å². The van der Waals surface area contributed by atoms with Crippen LogP contribution in [0.15, 0.2) is 47.7 Å². The molecule has 0 bridgehead atoms. The van der Waals surface area contributed by atoms with Crippen molar-refractivity contribution >= 4 is 11.8 Å². The first kappa shape index (κ1) is 26.0. The van der Waals surface area contributed by atoms with Crippen LogP contribution in [-0.4, -0.2) is 56.3 Å². The zero-order chi connectivity index (χ0) is 25.6. The van der Waals surface area contributed by atoms with E-state index in [9.17, 15) is 5.11 Å². The Morgan fingerprint density at radius 1 is 1.08 bits per heavy atom. The summed E-state index contributed by atoms with van der Waals surface area (Å²) in [5.41, 5.74) is 1.74. The van der Waals surface area contributed by atoms with E-state index >= 15 is 0 Å². The molecule has 2 spiro atoms. The molecule has 0 aromatic carbocycles. The number of thioether (sulfide) groups is 1. The summed E-state index contributed by atoms with van der Waals surface area (Å²) in [6, 6.07) is 4.10. The number of hydrogen-bond acceptors (Lipinski definition) is 6. The van der Waals surface area contributed by atoms with Gasteiger partial charge < -0.3 is 14.3 Å².